The molecule has 1 aliphatic carbocycles. The summed E-state index contributed by atoms with van der Waals surface area (Å²) in [6.45, 7) is 2.95. The molecule has 0 spiro atoms. The van der Waals surface area contributed by atoms with Crippen molar-refractivity contribution in [3.05, 3.63) is 22.4 Å². The largest absolute Gasteiger partial charge is 0.353 e. The van der Waals surface area contributed by atoms with E-state index in [-0.39, 0.29) is 29.7 Å². The van der Waals surface area contributed by atoms with Crippen LogP contribution in [0.5, 0.6) is 0 Å². The quantitative estimate of drug-likeness (QED) is 0.843. The number of likely N-dealkylation sites (tertiary alicyclic amines) is 1. The van der Waals surface area contributed by atoms with Crippen LogP contribution in [0, 0.1) is 5.92 Å². The zero-order chi connectivity index (χ0) is 17.1. The second kappa shape index (κ2) is 7.34. The Labute approximate surface area is 145 Å². The van der Waals surface area contributed by atoms with E-state index in [1.807, 2.05) is 11.4 Å². The summed E-state index contributed by atoms with van der Waals surface area (Å²) in [7, 11) is 0. The predicted octanol–water partition coefficient (Wildman–Crippen LogP) is 1.38. The third-order valence-electron chi connectivity index (χ3n) is 4.56. The molecule has 1 aromatic heterocycles. The highest BCUT2D eigenvalue weighted by molar-refractivity contribution is 7.12. The van der Waals surface area contributed by atoms with Gasteiger partial charge in [-0.3, -0.25) is 14.4 Å². The van der Waals surface area contributed by atoms with Crippen molar-refractivity contribution in [3.8, 4) is 0 Å². The molecule has 2 N–H and O–H groups in total. The van der Waals surface area contributed by atoms with Crippen molar-refractivity contribution >= 4 is 29.1 Å². The Balaban J connectivity index is 1.44. The molecule has 1 aliphatic heterocycles. The number of nitrogens with one attached hydrogen (secondary N) is 2. The van der Waals surface area contributed by atoms with Crippen molar-refractivity contribution in [2.45, 2.75) is 44.7 Å². The van der Waals surface area contributed by atoms with Gasteiger partial charge in [-0.2, -0.15) is 0 Å². The average molecular weight is 349 g/mol. The molecule has 1 unspecified atom stereocenters. The molecule has 1 saturated heterocycles. The van der Waals surface area contributed by atoms with E-state index in [0.717, 1.165) is 25.7 Å². The van der Waals surface area contributed by atoms with Crippen molar-refractivity contribution < 1.29 is 14.4 Å². The fourth-order valence-electron chi connectivity index (χ4n) is 2.92. The number of hydrogen-bond acceptors (Lipinski definition) is 4. The van der Waals surface area contributed by atoms with Gasteiger partial charge in [0.25, 0.3) is 5.91 Å². The van der Waals surface area contributed by atoms with E-state index in [0.29, 0.717) is 18.0 Å². The van der Waals surface area contributed by atoms with Crippen LogP contribution in [-0.2, 0) is 9.59 Å². The summed E-state index contributed by atoms with van der Waals surface area (Å²) in [5.74, 6) is 0.109. The Morgan fingerprint density at radius 1 is 1.21 bits per heavy atom. The summed E-state index contributed by atoms with van der Waals surface area (Å²) >= 11 is 1.36. The van der Waals surface area contributed by atoms with Crippen LogP contribution in [0.15, 0.2) is 17.5 Å². The van der Waals surface area contributed by atoms with Crippen LogP contribution < -0.4 is 10.6 Å². The molecule has 1 aromatic rings. The molecule has 3 rings (SSSR count). The third-order valence-corrected chi connectivity index (χ3v) is 5.43. The van der Waals surface area contributed by atoms with Crippen LogP contribution in [0.25, 0.3) is 0 Å². The first-order valence-corrected chi connectivity index (χ1v) is 9.36. The lowest BCUT2D eigenvalue weighted by Gasteiger charge is -2.34. The summed E-state index contributed by atoms with van der Waals surface area (Å²) < 4.78 is 0. The molecule has 7 heteroatoms. The Kier molecular flexibility index (Phi) is 5.18. The molecule has 24 heavy (non-hydrogen) atoms. The van der Waals surface area contributed by atoms with E-state index in [1.54, 1.807) is 17.9 Å². The lowest BCUT2D eigenvalue weighted by molar-refractivity contribution is -0.134. The molecule has 2 fully saturated rings. The van der Waals surface area contributed by atoms with E-state index >= 15 is 0 Å². The molecular weight excluding hydrogens is 326 g/mol. The molecule has 2 heterocycles. The number of carbonyl (C=O) groups excluding carboxylic acids is 3. The zero-order valence-electron chi connectivity index (χ0n) is 13.8. The first kappa shape index (κ1) is 17.0. The highest BCUT2D eigenvalue weighted by Gasteiger charge is 2.33. The van der Waals surface area contributed by atoms with Crippen molar-refractivity contribution in [1.82, 2.24) is 15.5 Å². The first-order chi connectivity index (χ1) is 11.5. The van der Waals surface area contributed by atoms with Gasteiger partial charge in [-0.25, -0.2) is 0 Å². The van der Waals surface area contributed by atoms with Gasteiger partial charge in [-0.05, 0) is 44.1 Å². The Morgan fingerprint density at radius 3 is 2.50 bits per heavy atom. The minimum absolute atomic E-state index is 0.0631. The summed E-state index contributed by atoms with van der Waals surface area (Å²) in [5.41, 5.74) is 0. The normalized spacial score (nSPS) is 19.6. The standard InChI is InChI=1S/C17H23N3O3S/c1-11(18-16(22)14-3-2-10-24-14)17(23)20-8-6-13(7-9-20)19-15(21)12-4-5-12/h2-3,10-13H,4-9H2,1H3,(H,18,22)(H,19,21). The maximum atomic E-state index is 12.5. The van der Waals surface area contributed by atoms with E-state index in [1.165, 1.54) is 11.3 Å². The topological polar surface area (TPSA) is 78.5 Å². The fourth-order valence-corrected chi connectivity index (χ4v) is 3.55. The second-order valence-electron chi connectivity index (χ2n) is 6.55. The SMILES string of the molecule is CC(NC(=O)c1cccs1)C(=O)N1CCC(NC(=O)C2CC2)CC1. The van der Waals surface area contributed by atoms with Crippen LogP contribution in [0.2, 0.25) is 0 Å². The fraction of sp³-hybridized carbons (Fsp3) is 0.588. The van der Waals surface area contributed by atoms with E-state index in [2.05, 4.69) is 10.6 Å². The summed E-state index contributed by atoms with van der Waals surface area (Å²) in [6, 6.07) is 3.17. The predicted molar refractivity (Wildman–Crippen MR) is 91.7 cm³/mol. The molecule has 0 radical (unpaired) electrons. The third kappa shape index (κ3) is 4.14. The molecule has 3 amide bonds. The maximum absolute atomic E-state index is 12.5. The molecule has 0 bridgehead atoms. The molecule has 2 aliphatic rings. The minimum atomic E-state index is -0.544. The summed E-state index contributed by atoms with van der Waals surface area (Å²) in [5, 5.41) is 7.67. The van der Waals surface area contributed by atoms with E-state index in [4.69, 9.17) is 0 Å². The van der Waals surface area contributed by atoms with Gasteiger partial charge in [-0.15, -0.1) is 11.3 Å². The van der Waals surface area contributed by atoms with Gasteiger partial charge in [0.15, 0.2) is 0 Å². The zero-order valence-corrected chi connectivity index (χ0v) is 14.6. The Hall–Kier alpha value is -1.89. The minimum Gasteiger partial charge on any atom is -0.353 e. The number of piperidine rings is 1. The number of nitrogens with zero attached hydrogens (tertiary/aromatic N) is 1. The van der Waals surface area contributed by atoms with Crippen LogP contribution in [0.3, 0.4) is 0 Å². The maximum Gasteiger partial charge on any atom is 0.261 e. The monoisotopic (exact) mass is 349 g/mol. The summed E-state index contributed by atoms with van der Waals surface area (Å²) in [6.07, 6.45) is 3.56. The number of rotatable bonds is 5. The highest BCUT2D eigenvalue weighted by atomic mass is 32.1. The van der Waals surface area contributed by atoms with Crippen molar-refractivity contribution in [2.75, 3.05) is 13.1 Å². The highest BCUT2D eigenvalue weighted by Crippen LogP contribution is 2.29. The van der Waals surface area contributed by atoms with Crippen LogP contribution >= 0.6 is 11.3 Å². The molecule has 6 nitrogen and oxygen atoms in total. The Morgan fingerprint density at radius 2 is 1.92 bits per heavy atom. The van der Waals surface area contributed by atoms with Crippen molar-refractivity contribution in [3.63, 3.8) is 0 Å². The lowest BCUT2D eigenvalue weighted by atomic mass is 10.0. The molecule has 130 valence electrons. The van der Waals surface area contributed by atoms with E-state index in [9.17, 15) is 14.4 Å². The number of carbonyl (C=O) groups is 3. The number of hydrogen-bond donors (Lipinski definition) is 2. The number of thiophene rings is 1. The van der Waals surface area contributed by atoms with Crippen LogP contribution in [-0.4, -0.2) is 47.8 Å². The van der Waals surface area contributed by atoms with Gasteiger partial charge in [0.05, 0.1) is 4.88 Å². The Bertz CT molecular complexity index is 605. The van der Waals surface area contributed by atoms with E-state index < -0.39 is 6.04 Å². The van der Waals surface area contributed by atoms with Gasteiger partial charge in [0.2, 0.25) is 11.8 Å². The van der Waals surface area contributed by atoms with Gasteiger partial charge in [-0.1, -0.05) is 6.07 Å². The van der Waals surface area contributed by atoms with Gasteiger partial charge < -0.3 is 15.5 Å². The summed E-state index contributed by atoms with van der Waals surface area (Å²) in [4.78, 5) is 38.7. The molecular formula is C17H23N3O3S. The van der Waals surface area contributed by atoms with Crippen LogP contribution in [0.4, 0.5) is 0 Å². The van der Waals surface area contributed by atoms with Crippen molar-refractivity contribution in [1.29, 1.82) is 0 Å². The molecule has 0 aromatic carbocycles. The van der Waals surface area contributed by atoms with Crippen LogP contribution in [0.1, 0.15) is 42.3 Å². The average Bonchev–Trinajstić information content (AvgIpc) is 3.29. The number of amides is 3. The van der Waals surface area contributed by atoms with Gasteiger partial charge in [0.1, 0.15) is 6.04 Å². The van der Waals surface area contributed by atoms with Gasteiger partial charge >= 0.3 is 0 Å². The second-order valence-corrected chi connectivity index (χ2v) is 7.50. The molecule has 1 saturated carbocycles. The van der Waals surface area contributed by atoms with Gasteiger partial charge in [0, 0.05) is 25.0 Å². The van der Waals surface area contributed by atoms with Crippen molar-refractivity contribution in [2.24, 2.45) is 5.92 Å². The molecule has 1 atom stereocenters. The smallest absolute Gasteiger partial charge is 0.261 e. The first-order valence-electron chi connectivity index (χ1n) is 8.48. The lowest BCUT2D eigenvalue weighted by Crippen LogP contribution is -2.52.